The molecule has 0 aliphatic carbocycles. The van der Waals surface area contributed by atoms with Gasteiger partial charge in [-0.05, 0) is 0 Å². The van der Waals surface area contributed by atoms with Gasteiger partial charge < -0.3 is 0 Å². The molecule has 146 valence electrons. The Morgan fingerprint density at radius 3 is 2.14 bits per heavy atom. The van der Waals surface area contributed by atoms with Crippen LogP contribution in [0.2, 0.25) is 0 Å². The van der Waals surface area contributed by atoms with Crippen molar-refractivity contribution in [3.05, 3.63) is 108 Å². The summed E-state index contributed by atoms with van der Waals surface area (Å²) in [6.07, 6.45) is 0. The summed E-state index contributed by atoms with van der Waals surface area (Å²) in [7, 11) is -3.72. The molecule has 5 heteroatoms. The van der Waals surface area contributed by atoms with Crippen molar-refractivity contribution in [1.29, 1.82) is 0 Å². The Kier molecular flexibility index (Phi) is 5.72. The van der Waals surface area contributed by atoms with Crippen molar-refractivity contribution in [2.24, 2.45) is 3.37 Å². The van der Waals surface area contributed by atoms with Crippen molar-refractivity contribution >= 4 is 39.0 Å². The Morgan fingerprint density at radius 1 is 0.759 bits per heavy atom. The summed E-state index contributed by atoms with van der Waals surface area (Å²) in [5.74, 6) is 0. The van der Waals surface area contributed by atoms with Crippen LogP contribution in [0.15, 0.2) is 105 Å². The van der Waals surface area contributed by atoms with E-state index in [1.54, 1.807) is 12.1 Å². The molecule has 4 aromatic rings. The van der Waals surface area contributed by atoms with E-state index < -0.39 is 23.7 Å². The summed E-state index contributed by atoms with van der Waals surface area (Å²) < 4.78 is 31.6. The minimum absolute atomic E-state index is 0.255. The van der Waals surface area contributed by atoms with Crippen molar-refractivity contribution in [2.75, 3.05) is 0 Å². The zero-order chi connectivity index (χ0) is 20.3. The Morgan fingerprint density at radius 2 is 1.41 bits per heavy atom. The number of fused-ring (bicyclic) bond motifs is 1. The van der Waals surface area contributed by atoms with Crippen LogP contribution in [0.25, 0.3) is 10.8 Å². The minimum atomic E-state index is -3.72. The van der Waals surface area contributed by atoms with Gasteiger partial charge in [0.25, 0.3) is 0 Å². The summed E-state index contributed by atoms with van der Waals surface area (Å²) in [6, 6.07) is 31.2. The Hall–Kier alpha value is -2.59. The summed E-state index contributed by atoms with van der Waals surface area (Å²) in [5.41, 5.74) is 2.13. The van der Waals surface area contributed by atoms with Crippen LogP contribution in [0.5, 0.6) is 0 Å². The molecular weight excluding hydrogens is 445 g/mol. The molecular formula is C24H21NO2SSe. The molecule has 0 amide bonds. The van der Waals surface area contributed by atoms with Crippen LogP contribution < -0.4 is 4.46 Å². The van der Waals surface area contributed by atoms with Crippen molar-refractivity contribution < 1.29 is 8.42 Å². The number of benzene rings is 4. The molecule has 3 nitrogen and oxygen atoms in total. The molecule has 0 aliphatic rings. The zero-order valence-electron chi connectivity index (χ0n) is 16.0. The number of nitrogens with zero attached hydrogens (tertiary/aromatic N) is 1. The third-order valence-electron chi connectivity index (χ3n) is 4.65. The van der Waals surface area contributed by atoms with E-state index in [1.807, 2.05) is 67.6 Å². The van der Waals surface area contributed by atoms with Gasteiger partial charge in [-0.1, -0.05) is 0 Å². The first kappa shape index (κ1) is 19.7. The van der Waals surface area contributed by atoms with Crippen molar-refractivity contribution in [1.82, 2.24) is 0 Å². The van der Waals surface area contributed by atoms with Gasteiger partial charge in [-0.15, -0.1) is 0 Å². The van der Waals surface area contributed by atoms with Gasteiger partial charge in [-0.3, -0.25) is 0 Å². The van der Waals surface area contributed by atoms with Crippen molar-refractivity contribution in [3.8, 4) is 0 Å². The quantitative estimate of drug-likeness (QED) is 0.397. The maximum atomic E-state index is 13.0. The molecule has 1 unspecified atom stereocenters. The van der Waals surface area contributed by atoms with E-state index in [2.05, 4.69) is 27.6 Å². The van der Waals surface area contributed by atoms with Crippen LogP contribution >= 0.6 is 0 Å². The fourth-order valence-corrected chi connectivity index (χ4v) is 9.36. The Balaban J connectivity index is 1.82. The van der Waals surface area contributed by atoms with Gasteiger partial charge in [-0.2, -0.15) is 0 Å². The molecule has 29 heavy (non-hydrogen) atoms. The van der Waals surface area contributed by atoms with Crippen molar-refractivity contribution in [2.45, 2.75) is 17.1 Å². The van der Waals surface area contributed by atoms with E-state index in [-0.39, 0.29) is 4.90 Å². The third kappa shape index (κ3) is 4.70. The number of rotatable bonds is 5. The van der Waals surface area contributed by atoms with E-state index in [4.69, 9.17) is 0 Å². The molecule has 4 aromatic carbocycles. The van der Waals surface area contributed by atoms with Crippen LogP contribution in [0.3, 0.4) is 0 Å². The first-order valence-corrected chi connectivity index (χ1v) is 13.6. The molecule has 0 saturated carbocycles. The molecule has 1 atom stereocenters. The van der Waals surface area contributed by atoms with Crippen LogP contribution in [0.1, 0.15) is 11.1 Å². The van der Waals surface area contributed by atoms with Gasteiger partial charge in [0.2, 0.25) is 0 Å². The second kappa shape index (κ2) is 8.42. The average Bonchev–Trinajstić information content (AvgIpc) is 2.74. The second-order valence-corrected chi connectivity index (χ2v) is 12.5. The molecule has 0 saturated heterocycles. The van der Waals surface area contributed by atoms with E-state index in [1.165, 1.54) is 0 Å². The zero-order valence-corrected chi connectivity index (χ0v) is 18.6. The normalized spacial score (nSPS) is 12.9. The van der Waals surface area contributed by atoms with Gasteiger partial charge >= 0.3 is 176 Å². The van der Waals surface area contributed by atoms with Gasteiger partial charge in [0, 0.05) is 0 Å². The molecule has 0 spiro atoms. The second-order valence-electron chi connectivity index (χ2n) is 6.87. The molecule has 0 aromatic heterocycles. The molecule has 0 N–H and O–H groups in total. The summed E-state index contributed by atoms with van der Waals surface area (Å²) in [5, 5.41) is 2.89. The molecule has 0 aliphatic heterocycles. The molecule has 4 rings (SSSR count). The van der Waals surface area contributed by atoms with Crippen LogP contribution in [0.4, 0.5) is 0 Å². The number of hydrogen-bond acceptors (Lipinski definition) is 2. The summed E-state index contributed by atoms with van der Waals surface area (Å²) in [4.78, 5) is 0.255. The van der Waals surface area contributed by atoms with Gasteiger partial charge in [0.15, 0.2) is 0 Å². The van der Waals surface area contributed by atoms with Gasteiger partial charge in [-0.25, -0.2) is 0 Å². The van der Waals surface area contributed by atoms with E-state index in [0.29, 0.717) is 5.32 Å². The molecule has 0 heterocycles. The van der Waals surface area contributed by atoms with E-state index >= 15 is 0 Å². The van der Waals surface area contributed by atoms with Crippen LogP contribution in [0, 0.1) is 6.92 Å². The predicted octanol–water partition coefficient (Wildman–Crippen LogP) is 4.79. The molecule has 0 radical (unpaired) electrons. The standard InChI is InChI=1S/C24H21NO2SSe/c1-19-11-14-23(15-12-19)28(26,27)25-29(18-20-7-3-2-4-8-20)24-16-13-21-9-5-6-10-22(21)17-24/h2-17H,18H2,1H3. The fraction of sp³-hybridized carbons (Fsp3) is 0.0833. The Bertz CT molecular complexity index is 1280. The SMILES string of the molecule is Cc1ccc(S(=O)(=O)/N=[Se](\Cc2ccccc2)c2ccc3ccccc3c2)cc1. The number of aryl methyl sites for hydroxylation is 1. The number of sulfonamides is 1. The summed E-state index contributed by atoms with van der Waals surface area (Å²) >= 11 is -2.03. The van der Waals surface area contributed by atoms with Crippen LogP contribution in [-0.4, -0.2) is 22.1 Å². The summed E-state index contributed by atoms with van der Waals surface area (Å²) in [6.45, 7) is 1.94. The molecule has 0 bridgehead atoms. The maximum absolute atomic E-state index is 13.0. The first-order valence-electron chi connectivity index (χ1n) is 9.30. The third-order valence-corrected chi connectivity index (χ3v) is 11.2. The van der Waals surface area contributed by atoms with Crippen molar-refractivity contribution in [3.63, 3.8) is 0 Å². The van der Waals surface area contributed by atoms with Gasteiger partial charge in [0.1, 0.15) is 0 Å². The van der Waals surface area contributed by atoms with E-state index in [9.17, 15) is 8.42 Å². The fourth-order valence-electron chi connectivity index (χ4n) is 3.07. The number of hydrogen-bond donors (Lipinski definition) is 0. The molecule has 0 fully saturated rings. The Labute approximate surface area is 175 Å². The predicted molar refractivity (Wildman–Crippen MR) is 120 cm³/mol. The van der Waals surface area contributed by atoms with Crippen LogP contribution in [-0.2, 0) is 15.3 Å². The average molecular weight is 466 g/mol. The monoisotopic (exact) mass is 467 g/mol. The van der Waals surface area contributed by atoms with E-state index in [0.717, 1.165) is 26.4 Å². The first-order chi connectivity index (χ1) is 14.0. The van der Waals surface area contributed by atoms with Gasteiger partial charge in [0.05, 0.1) is 0 Å². The topological polar surface area (TPSA) is 46.5 Å².